The highest BCUT2D eigenvalue weighted by Gasteiger charge is 2.26. The van der Waals surface area contributed by atoms with Gasteiger partial charge in [0.25, 0.3) is 0 Å². The molecule has 2 N–H and O–H groups in total. The molecule has 0 aliphatic carbocycles. The number of hydrogen-bond acceptors (Lipinski definition) is 7. The number of nitrogens with one attached hydrogen (secondary N) is 1. The van der Waals surface area contributed by atoms with Gasteiger partial charge in [-0.15, -0.1) is 0 Å². The lowest BCUT2D eigenvalue weighted by Crippen LogP contribution is -2.46. The molecule has 1 aromatic carbocycles. The number of rotatable bonds is 9. The van der Waals surface area contributed by atoms with Crippen molar-refractivity contribution in [3.8, 4) is 0 Å². The number of likely N-dealkylation sites (N-methyl/N-ethyl adjacent to an activating group) is 1. The Balaban J connectivity index is 1.66. The summed E-state index contributed by atoms with van der Waals surface area (Å²) in [7, 11) is 2.00. The van der Waals surface area contributed by atoms with Crippen molar-refractivity contribution in [3.63, 3.8) is 0 Å². The number of aliphatic hydroxyl groups excluding tert-OH is 1. The molecule has 8 heteroatoms. The van der Waals surface area contributed by atoms with Crippen LogP contribution >= 0.6 is 0 Å². The Morgan fingerprint density at radius 2 is 2.14 bits per heavy atom. The first kappa shape index (κ1) is 26.1. The molecule has 36 heavy (non-hydrogen) atoms. The summed E-state index contributed by atoms with van der Waals surface area (Å²) in [6.07, 6.45) is 4.13. The number of nitrogens with zero attached hydrogens (tertiary/aromatic N) is 3. The topological polar surface area (TPSA) is 88.8 Å². The molecule has 1 saturated heterocycles. The van der Waals surface area contributed by atoms with Crippen LogP contribution in [0.5, 0.6) is 0 Å². The molecule has 0 saturated carbocycles. The zero-order chi connectivity index (χ0) is 26.0. The average Bonchev–Trinajstić information content (AvgIpc) is 3.45. The second-order valence-corrected chi connectivity index (χ2v) is 10.2. The molecule has 2 aliphatic heterocycles. The summed E-state index contributed by atoms with van der Waals surface area (Å²) in [6, 6.07) is 5.34. The summed E-state index contributed by atoms with van der Waals surface area (Å²) in [5, 5.41) is 13.3. The standard InChI is InChI=1S/C28H38N4O4/c1-17(2)36-28(34)26(20(5)33)29-13-21-7-8-24-25(12-21)32(14-22-9-10-35-16-22)27(30-24)23-11-18(3)19(4)31(6)15-23/h7-8,11-12,15,17,20,22,26,29,33H,4,9-10,13-14,16H2,1-3,5-6H3/t20-,22?,26+/m1/s1. The first-order chi connectivity index (χ1) is 17.1. The number of hydrogen-bond donors (Lipinski definition) is 2. The van der Waals surface area contributed by atoms with Gasteiger partial charge in [0.05, 0.1) is 29.8 Å². The first-order valence-corrected chi connectivity index (χ1v) is 12.7. The van der Waals surface area contributed by atoms with Crippen molar-refractivity contribution in [2.24, 2.45) is 5.92 Å². The summed E-state index contributed by atoms with van der Waals surface area (Å²) in [6.45, 7) is 14.2. The third kappa shape index (κ3) is 5.72. The number of benzene rings is 1. The maximum absolute atomic E-state index is 12.4. The van der Waals surface area contributed by atoms with Crippen molar-refractivity contribution in [1.82, 2.24) is 19.8 Å². The van der Waals surface area contributed by atoms with Crippen LogP contribution in [0.3, 0.4) is 0 Å². The van der Waals surface area contributed by atoms with Gasteiger partial charge in [-0.25, -0.2) is 4.98 Å². The molecule has 2 aromatic rings. The number of carbonyl (C=O) groups excluding carboxylic acids is 1. The summed E-state index contributed by atoms with van der Waals surface area (Å²) < 4.78 is 13.3. The quantitative estimate of drug-likeness (QED) is 0.515. The van der Waals surface area contributed by atoms with Gasteiger partial charge in [-0.2, -0.15) is 0 Å². The molecule has 0 amide bonds. The highest BCUT2D eigenvalue weighted by atomic mass is 16.5. The minimum absolute atomic E-state index is 0.243. The molecule has 2 aliphatic rings. The highest BCUT2D eigenvalue weighted by molar-refractivity contribution is 5.84. The second kappa shape index (κ2) is 11.0. The zero-order valence-corrected chi connectivity index (χ0v) is 22.0. The van der Waals surface area contributed by atoms with E-state index >= 15 is 0 Å². The molecule has 8 nitrogen and oxygen atoms in total. The van der Waals surface area contributed by atoms with Crippen LogP contribution in [0.4, 0.5) is 0 Å². The number of allylic oxidation sites excluding steroid dienone is 3. The summed E-state index contributed by atoms with van der Waals surface area (Å²) in [5.41, 5.74) is 6.08. The van der Waals surface area contributed by atoms with Crippen LogP contribution < -0.4 is 5.32 Å². The van der Waals surface area contributed by atoms with Crippen LogP contribution in [-0.2, 0) is 27.4 Å². The molecule has 1 fully saturated rings. The van der Waals surface area contributed by atoms with E-state index in [-0.39, 0.29) is 6.10 Å². The predicted octanol–water partition coefficient (Wildman–Crippen LogP) is 3.61. The van der Waals surface area contributed by atoms with Crippen molar-refractivity contribution in [1.29, 1.82) is 0 Å². The molecule has 0 spiro atoms. The summed E-state index contributed by atoms with van der Waals surface area (Å²) >= 11 is 0. The van der Waals surface area contributed by atoms with E-state index in [1.54, 1.807) is 20.8 Å². The van der Waals surface area contributed by atoms with Crippen molar-refractivity contribution in [2.75, 3.05) is 20.3 Å². The summed E-state index contributed by atoms with van der Waals surface area (Å²) in [4.78, 5) is 19.5. The molecule has 1 aromatic heterocycles. The maximum atomic E-state index is 12.4. The highest BCUT2D eigenvalue weighted by Crippen LogP contribution is 2.31. The smallest absolute Gasteiger partial charge is 0.326 e. The predicted molar refractivity (Wildman–Crippen MR) is 141 cm³/mol. The first-order valence-electron chi connectivity index (χ1n) is 12.7. The fourth-order valence-corrected chi connectivity index (χ4v) is 4.69. The molecule has 194 valence electrons. The fraction of sp³-hybridized carbons (Fsp3) is 0.500. The third-order valence-electron chi connectivity index (χ3n) is 6.74. The van der Waals surface area contributed by atoms with Crippen molar-refractivity contribution in [3.05, 3.63) is 59.7 Å². The van der Waals surface area contributed by atoms with Gasteiger partial charge in [0, 0.05) is 50.1 Å². The monoisotopic (exact) mass is 494 g/mol. The molecule has 0 radical (unpaired) electrons. The van der Waals surface area contributed by atoms with Gasteiger partial charge in [-0.3, -0.25) is 10.1 Å². The average molecular weight is 495 g/mol. The molecule has 3 heterocycles. The van der Waals surface area contributed by atoms with Gasteiger partial charge in [0.1, 0.15) is 11.9 Å². The molecule has 4 rings (SSSR count). The molecule has 0 bridgehead atoms. The molecule has 1 unspecified atom stereocenters. The zero-order valence-electron chi connectivity index (χ0n) is 22.0. The third-order valence-corrected chi connectivity index (χ3v) is 6.74. The van der Waals surface area contributed by atoms with Crippen LogP contribution in [0.2, 0.25) is 0 Å². The molecular formula is C28H38N4O4. The Morgan fingerprint density at radius 1 is 1.36 bits per heavy atom. The second-order valence-electron chi connectivity index (χ2n) is 10.2. The van der Waals surface area contributed by atoms with Crippen LogP contribution in [0.1, 0.15) is 45.5 Å². The lowest BCUT2D eigenvalue weighted by molar-refractivity contribution is -0.152. The van der Waals surface area contributed by atoms with E-state index in [9.17, 15) is 9.90 Å². The normalized spacial score (nSPS) is 20.0. The Kier molecular flexibility index (Phi) is 7.97. The van der Waals surface area contributed by atoms with Gasteiger partial charge >= 0.3 is 5.97 Å². The van der Waals surface area contributed by atoms with Gasteiger partial charge in [0.2, 0.25) is 0 Å². The number of esters is 1. The van der Waals surface area contributed by atoms with Crippen LogP contribution in [0.25, 0.3) is 16.6 Å². The Bertz CT molecular complexity index is 1190. The molecular weight excluding hydrogens is 456 g/mol. The summed E-state index contributed by atoms with van der Waals surface area (Å²) in [5.74, 6) is 0.894. The molecule has 3 atom stereocenters. The number of fused-ring (bicyclic) bond motifs is 1. The van der Waals surface area contributed by atoms with E-state index < -0.39 is 18.1 Å². The SMILES string of the molecule is C=C1C(C)=CC(c2nc3ccc(CN[C@H](C(=O)OC(C)C)[C@@H](C)O)cc3n2CC2CCOC2)=CN1C. The van der Waals surface area contributed by atoms with Crippen LogP contribution in [-0.4, -0.2) is 64.0 Å². The van der Waals surface area contributed by atoms with Crippen molar-refractivity contribution < 1.29 is 19.4 Å². The number of aromatic nitrogens is 2. The van der Waals surface area contributed by atoms with Crippen molar-refractivity contribution >= 4 is 22.6 Å². The Hall–Kier alpha value is -2.94. The number of carbonyl (C=O) groups is 1. The largest absolute Gasteiger partial charge is 0.462 e. The van der Waals surface area contributed by atoms with Crippen LogP contribution in [0, 0.1) is 5.92 Å². The lowest BCUT2D eigenvalue weighted by Gasteiger charge is -2.24. The minimum Gasteiger partial charge on any atom is -0.462 e. The van der Waals surface area contributed by atoms with E-state index in [0.717, 1.165) is 65.4 Å². The fourth-order valence-electron chi connectivity index (χ4n) is 4.69. The van der Waals surface area contributed by atoms with E-state index in [1.165, 1.54) is 0 Å². The van der Waals surface area contributed by atoms with Crippen LogP contribution in [0.15, 0.2) is 48.3 Å². The lowest BCUT2D eigenvalue weighted by atomic mass is 10.1. The Morgan fingerprint density at radius 3 is 2.78 bits per heavy atom. The van der Waals surface area contributed by atoms with Gasteiger partial charge in [0.15, 0.2) is 0 Å². The van der Waals surface area contributed by atoms with E-state index in [0.29, 0.717) is 12.5 Å². The van der Waals surface area contributed by atoms with Gasteiger partial charge in [-0.1, -0.05) is 12.6 Å². The number of aliphatic hydroxyl groups is 1. The Labute approximate surface area is 213 Å². The van der Waals surface area contributed by atoms with Crippen molar-refractivity contribution in [2.45, 2.75) is 65.5 Å². The van der Waals surface area contributed by atoms with Gasteiger partial charge < -0.3 is 24.0 Å². The van der Waals surface area contributed by atoms with Gasteiger partial charge in [-0.05, 0) is 63.5 Å². The van der Waals surface area contributed by atoms with E-state index in [4.69, 9.17) is 14.5 Å². The number of ether oxygens (including phenoxy) is 2. The van der Waals surface area contributed by atoms with E-state index in [2.05, 4.69) is 41.7 Å². The minimum atomic E-state index is -0.875. The number of imidazole rings is 1. The van der Waals surface area contributed by atoms with E-state index in [1.807, 2.05) is 24.1 Å². The maximum Gasteiger partial charge on any atom is 0.326 e.